The van der Waals surface area contributed by atoms with Crippen LogP contribution in [0.2, 0.25) is 0 Å². The van der Waals surface area contributed by atoms with E-state index in [4.69, 9.17) is 0 Å². The van der Waals surface area contributed by atoms with Crippen LogP contribution in [0.25, 0.3) is 0 Å². The van der Waals surface area contributed by atoms with Crippen LogP contribution >= 0.6 is 0 Å². The smallest absolute Gasteiger partial charge is 0.311 e. The third-order valence-electron chi connectivity index (χ3n) is 3.56. The summed E-state index contributed by atoms with van der Waals surface area (Å²) < 4.78 is 0. The van der Waals surface area contributed by atoms with Crippen LogP contribution in [-0.2, 0) is 14.4 Å². The van der Waals surface area contributed by atoms with Crippen molar-refractivity contribution in [3.05, 3.63) is 0 Å². The number of nitrogens with one attached hydrogen (secondary N) is 2. The zero-order valence-electron chi connectivity index (χ0n) is 13.0. The summed E-state index contributed by atoms with van der Waals surface area (Å²) in [6.45, 7) is 8.05. The van der Waals surface area contributed by atoms with E-state index in [1.807, 2.05) is 13.8 Å². The first-order valence-corrected chi connectivity index (χ1v) is 7.65. The van der Waals surface area contributed by atoms with Gasteiger partial charge in [-0.2, -0.15) is 0 Å². The van der Waals surface area contributed by atoms with Crippen LogP contribution in [0, 0.1) is 0 Å². The van der Waals surface area contributed by atoms with Crippen molar-refractivity contribution in [1.82, 2.24) is 20.4 Å². The lowest BCUT2D eigenvalue weighted by molar-refractivity contribution is -0.145. The Hall–Kier alpha value is -1.63. The molecule has 3 amide bonds. The van der Waals surface area contributed by atoms with Crippen LogP contribution in [0.4, 0.5) is 0 Å². The Labute approximate surface area is 126 Å². The van der Waals surface area contributed by atoms with E-state index in [1.54, 1.807) is 9.80 Å². The van der Waals surface area contributed by atoms with Gasteiger partial charge in [-0.25, -0.2) is 0 Å². The lowest BCUT2D eigenvalue weighted by Gasteiger charge is -2.20. The van der Waals surface area contributed by atoms with Gasteiger partial charge in [-0.3, -0.25) is 14.4 Å². The fourth-order valence-electron chi connectivity index (χ4n) is 2.29. The summed E-state index contributed by atoms with van der Waals surface area (Å²) in [6.07, 6.45) is 1.07. The third-order valence-corrected chi connectivity index (χ3v) is 3.56. The Morgan fingerprint density at radius 1 is 1.14 bits per heavy atom. The molecule has 21 heavy (non-hydrogen) atoms. The zero-order valence-corrected chi connectivity index (χ0v) is 13.0. The highest BCUT2D eigenvalue weighted by Gasteiger charge is 2.22. The fraction of sp³-hybridized carbons (Fsp3) is 0.786. The van der Waals surface area contributed by atoms with E-state index in [2.05, 4.69) is 10.6 Å². The summed E-state index contributed by atoms with van der Waals surface area (Å²) in [5.74, 6) is -1.13. The van der Waals surface area contributed by atoms with Crippen molar-refractivity contribution in [1.29, 1.82) is 0 Å². The molecule has 0 aromatic carbocycles. The van der Waals surface area contributed by atoms with Crippen LogP contribution in [-0.4, -0.2) is 73.3 Å². The van der Waals surface area contributed by atoms with Gasteiger partial charge < -0.3 is 20.4 Å². The maximum Gasteiger partial charge on any atom is 0.311 e. The average Bonchev–Trinajstić information content (AvgIpc) is 2.76. The highest BCUT2D eigenvalue weighted by Crippen LogP contribution is 1.97. The maximum absolute atomic E-state index is 12.0. The van der Waals surface area contributed by atoms with Gasteiger partial charge in [-0.1, -0.05) is 0 Å². The van der Waals surface area contributed by atoms with Crippen LogP contribution in [0.15, 0.2) is 0 Å². The minimum absolute atomic E-state index is 0.00767. The summed E-state index contributed by atoms with van der Waals surface area (Å²) in [4.78, 5) is 38.8. The molecule has 7 heteroatoms. The van der Waals surface area contributed by atoms with Gasteiger partial charge in [0.2, 0.25) is 5.91 Å². The van der Waals surface area contributed by atoms with Gasteiger partial charge in [0, 0.05) is 45.7 Å². The van der Waals surface area contributed by atoms with Gasteiger partial charge in [-0.15, -0.1) is 0 Å². The molecule has 1 saturated heterocycles. The molecular formula is C14H26N4O3. The molecule has 7 nitrogen and oxygen atoms in total. The van der Waals surface area contributed by atoms with E-state index in [0.29, 0.717) is 32.7 Å². The first kappa shape index (κ1) is 17.4. The summed E-state index contributed by atoms with van der Waals surface area (Å²) >= 11 is 0. The highest BCUT2D eigenvalue weighted by atomic mass is 16.2. The Kier molecular flexibility index (Phi) is 7.74. The summed E-state index contributed by atoms with van der Waals surface area (Å²) in [7, 11) is 0. The highest BCUT2D eigenvalue weighted by molar-refractivity contribution is 6.35. The molecule has 0 radical (unpaired) electrons. The topological polar surface area (TPSA) is 81.8 Å². The normalized spacial score (nSPS) is 15.2. The van der Waals surface area contributed by atoms with Gasteiger partial charge in [0.15, 0.2) is 0 Å². The number of carbonyl (C=O) groups is 3. The summed E-state index contributed by atoms with van der Waals surface area (Å²) in [5.41, 5.74) is 0. The van der Waals surface area contributed by atoms with E-state index in [0.717, 1.165) is 13.0 Å². The SMILES string of the molecule is CCN(CC)C(=O)CCNC(=O)C(=O)N1CCCNCC1. The molecule has 0 aromatic rings. The molecule has 1 fully saturated rings. The van der Waals surface area contributed by atoms with Crippen molar-refractivity contribution in [2.75, 3.05) is 45.8 Å². The third kappa shape index (κ3) is 5.71. The van der Waals surface area contributed by atoms with Gasteiger partial charge in [0.25, 0.3) is 0 Å². The van der Waals surface area contributed by atoms with Gasteiger partial charge in [0.1, 0.15) is 0 Å². The van der Waals surface area contributed by atoms with Gasteiger partial charge >= 0.3 is 11.8 Å². The first-order chi connectivity index (χ1) is 10.1. The molecule has 0 atom stereocenters. The van der Waals surface area contributed by atoms with Crippen molar-refractivity contribution < 1.29 is 14.4 Å². The lowest BCUT2D eigenvalue weighted by Crippen LogP contribution is -2.45. The number of nitrogens with zero attached hydrogens (tertiary/aromatic N) is 2. The van der Waals surface area contributed by atoms with Crippen molar-refractivity contribution in [3.63, 3.8) is 0 Å². The molecule has 0 saturated carbocycles. The Balaban J connectivity index is 2.32. The molecular weight excluding hydrogens is 272 g/mol. The second-order valence-corrected chi connectivity index (χ2v) is 4.97. The Bertz CT molecular complexity index is 361. The van der Waals surface area contributed by atoms with E-state index >= 15 is 0 Å². The molecule has 0 aliphatic carbocycles. The summed E-state index contributed by atoms with van der Waals surface area (Å²) in [6, 6.07) is 0. The first-order valence-electron chi connectivity index (χ1n) is 7.65. The second kappa shape index (κ2) is 9.33. The predicted molar refractivity (Wildman–Crippen MR) is 79.6 cm³/mol. The molecule has 0 spiro atoms. The van der Waals surface area contributed by atoms with Gasteiger partial charge in [-0.05, 0) is 26.8 Å². The van der Waals surface area contributed by atoms with Crippen LogP contribution in [0.3, 0.4) is 0 Å². The minimum atomic E-state index is -0.621. The standard InChI is InChI=1S/C14H26N4O3/c1-3-17(4-2)12(19)6-8-16-13(20)14(21)18-10-5-7-15-9-11-18/h15H,3-11H2,1-2H3,(H,16,20). The molecule has 120 valence electrons. The van der Waals surface area contributed by atoms with Crippen molar-refractivity contribution >= 4 is 17.7 Å². The van der Waals surface area contributed by atoms with E-state index < -0.39 is 11.8 Å². The quantitative estimate of drug-likeness (QED) is 0.650. The lowest BCUT2D eigenvalue weighted by atomic mass is 10.3. The molecule has 1 heterocycles. The monoisotopic (exact) mass is 298 g/mol. The second-order valence-electron chi connectivity index (χ2n) is 4.97. The molecule has 1 aliphatic rings. The van der Waals surface area contributed by atoms with Crippen molar-refractivity contribution in [3.8, 4) is 0 Å². The number of amides is 3. The fourth-order valence-corrected chi connectivity index (χ4v) is 2.29. The van der Waals surface area contributed by atoms with E-state index in [9.17, 15) is 14.4 Å². The molecule has 0 bridgehead atoms. The largest absolute Gasteiger partial charge is 0.347 e. The van der Waals surface area contributed by atoms with E-state index in [1.165, 1.54) is 0 Å². The van der Waals surface area contributed by atoms with Gasteiger partial charge in [0.05, 0.1) is 0 Å². The average molecular weight is 298 g/mol. The predicted octanol–water partition coefficient (Wildman–Crippen LogP) is -0.817. The minimum Gasteiger partial charge on any atom is -0.347 e. The number of hydrogen-bond acceptors (Lipinski definition) is 4. The van der Waals surface area contributed by atoms with Crippen LogP contribution in [0.1, 0.15) is 26.7 Å². The summed E-state index contributed by atoms with van der Waals surface area (Å²) in [5, 5.41) is 5.71. The number of hydrogen-bond donors (Lipinski definition) is 2. The van der Waals surface area contributed by atoms with Crippen molar-refractivity contribution in [2.24, 2.45) is 0 Å². The number of carbonyl (C=O) groups excluding carboxylic acids is 3. The number of rotatable bonds is 5. The molecule has 1 aliphatic heterocycles. The molecule has 0 unspecified atom stereocenters. The Morgan fingerprint density at radius 2 is 1.86 bits per heavy atom. The van der Waals surface area contributed by atoms with E-state index in [-0.39, 0.29) is 18.9 Å². The maximum atomic E-state index is 12.0. The molecule has 0 aromatic heterocycles. The molecule has 2 N–H and O–H groups in total. The van der Waals surface area contributed by atoms with Crippen LogP contribution in [0.5, 0.6) is 0 Å². The zero-order chi connectivity index (χ0) is 15.7. The molecule has 1 rings (SSSR count). The Morgan fingerprint density at radius 3 is 2.52 bits per heavy atom. The van der Waals surface area contributed by atoms with Crippen LogP contribution < -0.4 is 10.6 Å². The van der Waals surface area contributed by atoms with Crippen molar-refractivity contribution in [2.45, 2.75) is 26.7 Å².